The third kappa shape index (κ3) is 6.20. The number of ether oxygens (including phenoxy) is 4. The van der Waals surface area contributed by atoms with Crippen molar-refractivity contribution in [2.75, 3.05) is 33.6 Å². The highest BCUT2D eigenvalue weighted by Crippen LogP contribution is 2.37. The number of carbonyl (C=O) groups excluding carboxylic acids is 1. The van der Waals surface area contributed by atoms with Crippen LogP contribution in [0.3, 0.4) is 0 Å². The molecule has 0 saturated carbocycles. The maximum atomic E-state index is 12.3. The molecule has 0 fully saturated rings. The van der Waals surface area contributed by atoms with Crippen molar-refractivity contribution in [3.05, 3.63) is 47.5 Å². The van der Waals surface area contributed by atoms with Gasteiger partial charge in [0.05, 0.1) is 27.0 Å². The Kier molecular flexibility index (Phi) is 7.80. The van der Waals surface area contributed by atoms with Crippen molar-refractivity contribution in [1.82, 2.24) is 5.32 Å². The quantitative estimate of drug-likeness (QED) is 0.628. The van der Waals surface area contributed by atoms with Crippen molar-refractivity contribution < 1.29 is 23.7 Å². The molecule has 0 bridgehead atoms. The number of hydrogen-bond donors (Lipinski definition) is 2. The number of rotatable bonds is 8. The number of para-hydroxylation sites is 1. The highest BCUT2D eigenvalue weighted by Gasteiger charge is 2.23. The van der Waals surface area contributed by atoms with Gasteiger partial charge >= 0.3 is 6.09 Å². The summed E-state index contributed by atoms with van der Waals surface area (Å²) in [5.74, 6) is 1.81. The van der Waals surface area contributed by atoms with Gasteiger partial charge in [-0.05, 0) is 44.9 Å². The second kappa shape index (κ2) is 10.1. The molecule has 7 heteroatoms. The van der Waals surface area contributed by atoms with Gasteiger partial charge in [-0.1, -0.05) is 18.2 Å². The highest BCUT2D eigenvalue weighted by atomic mass is 16.6. The Hall–Kier alpha value is -3.09. The maximum Gasteiger partial charge on any atom is 0.407 e. The molecule has 7 nitrogen and oxygen atoms in total. The van der Waals surface area contributed by atoms with E-state index in [0.717, 1.165) is 16.9 Å². The molecule has 2 aromatic rings. The summed E-state index contributed by atoms with van der Waals surface area (Å²) in [6, 6.07) is 11.4. The third-order valence-electron chi connectivity index (χ3n) is 4.57. The van der Waals surface area contributed by atoms with Gasteiger partial charge < -0.3 is 30.0 Å². The van der Waals surface area contributed by atoms with E-state index in [1.165, 1.54) is 0 Å². The minimum atomic E-state index is -0.579. The molecule has 0 aliphatic rings. The summed E-state index contributed by atoms with van der Waals surface area (Å²) in [6.07, 6.45) is 0.123. The van der Waals surface area contributed by atoms with E-state index in [1.54, 1.807) is 27.4 Å². The van der Waals surface area contributed by atoms with Crippen LogP contribution in [0.4, 0.5) is 10.5 Å². The number of hydrogen-bond acceptors (Lipinski definition) is 6. The number of amides is 1. The predicted molar refractivity (Wildman–Crippen MR) is 118 cm³/mol. The van der Waals surface area contributed by atoms with E-state index < -0.39 is 11.7 Å². The molecule has 1 amide bonds. The topological polar surface area (TPSA) is 92.0 Å². The molecule has 0 aliphatic carbocycles. The first-order valence-electron chi connectivity index (χ1n) is 9.78. The van der Waals surface area contributed by atoms with E-state index in [-0.39, 0.29) is 5.92 Å². The third-order valence-corrected chi connectivity index (χ3v) is 4.57. The lowest BCUT2D eigenvalue weighted by Crippen LogP contribution is -2.35. The minimum Gasteiger partial charge on any atom is -0.496 e. The van der Waals surface area contributed by atoms with E-state index >= 15 is 0 Å². The first kappa shape index (κ1) is 23.2. The molecular formula is C23H32N2O5. The number of nitrogens with one attached hydrogen (secondary N) is 1. The Morgan fingerprint density at radius 2 is 1.63 bits per heavy atom. The van der Waals surface area contributed by atoms with Gasteiger partial charge in [-0.2, -0.15) is 0 Å². The normalized spacial score (nSPS) is 12.1. The molecule has 1 atom stereocenters. The van der Waals surface area contributed by atoms with Crippen molar-refractivity contribution in [3.8, 4) is 17.2 Å². The minimum absolute atomic E-state index is 0.140. The standard InChI is InChI=1S/C23H32N2O5/c1-23(2,3)30-22(26)25-14-16(11-15-9-7-8-10-19(15)27-4)17-12-21(29-6)18(24)13-20(17)28-5/h7-10,12-13,16H,11,14,24H2,1-6H3,(H,25,26). The van der Waals surface area contributed by atoms with Crippen molar-refractivity contribution in [3.63, 3.8) is 0 Å². The summed E-state index contributed by atoms with van der Waals surface area (Å²) in [7, 11) is 4.79. The molecule has 0 heterocycles. The van der Waals surface area contributed by atoms with Crippen LogP contribution >= 0.6 is 0 Å². The summed E-state index contributed by atoms with van der Waals surface area (Å²) in [5, 5.41) is 2.87. The first-order valence-corrected chi connectivity index (χ1v) is 9.78. The fourth-order valence-electron chi connectivity index (χ4n) is 3.21. The second-order valence-electron chi connectivity index (χ2n) is 7.93. The lowest BCUT2D eigenvalue weighted by atomic mass is 9.90. The van der Waals surface area contributed by atoms with Crippen LogP contribution in [0, 0.1) is 0 Å². The summed E-state index contributed by atoms with van der Waals surface area (Å²) >= 11 is 0. The fraction of sp³-hybridized carbons (Fsp3) is 0.435. The fourth-order valence-corrected chi connectivity index (χ4v) is 3.21. The van der Waals surface area contributed by atoms with Gasteiger partial charge in [0.2, 0.25) is 0 Å². The zero-order chi connectivity index (χ0) is 22.3. The highest BCUT2D eigenvalue weighted by molar-refractivity contribution is 5.68. The van der Waals surface area contributed by atoms with Crippen LogP contribution in [0.15, 0.2) is 36.4 Å². The number of anilines is 1. The maximum absolute atomic E-state index is 12.3. The van der Waals surface area contributed by atoms with Gasteiger partial charge in [0.15, 0.2) is 0 Å². The van der Waals surface area contributed by atoms with Crippen LogP contribution in [-0.2, 0) is 11.2 Å². The van der Waals surface area contributed by atoms with Gasteiger partial charge in [0.25, 0.3) is 0 Å². The molecule has 0 radical (unpaired) electrons. The molecule has 3 N–H and O–H groups in total. The predicted octanol–water partition coefficient (Wildman–Crippen LogP) is 4.15. The Morgan fingerprint density at radius 3 is 2.23 bits per heavy atom. The van der Waals surface area contributed by atoms with Crippen LogP contribution in [0.2, 0.25) is 0 Å². The Morgan fingerprint density at radius 1 is 1.00 bits per heavy atom. The Labute approximate surface area is 178 Å². The molecule has 30 heavy (non-hydrogen) atoms. The van der Waals surface area contributed by atoms with Crippen LogP contribution in [-0.4, -0.2) is 39.6 Å². The van der Waals surface area contributed by atoms with Crippen molar-refractivity contribution in [2.45, 2.75) is 38.7 Å². The number of nitrogen functional groups attached to an aromatic ring is 1. The van der Waals surface area contributed by atoms with Crippen molar-refractivity contribution >= 4 is 11.8 Å². The van der Waals surface area contributed by atoms with E-state index in [4.69, 9.17) is 24.7 Å². The van der Waals surface area contributed by atoms with E-state index in [2.05, 4.69) is 5.32 Å². The number of methoxy groups -OCH3 is 3. The van der Waals surface area contributed by atoms with Gasteiger partial charge in [-0.25, -0.2) is 4.79 Å². The molecule has 164 valence electrons. The monoisotopic (exact) mass is 416 g/mol. The molecule has 0 saturated heterocycles. The molecule has 0 spiro atoms. The van der Waals surface area contributed by atoms with Crippen molar-refractivity contribution in [1.29, 1.82) is 0 Å². The van der Waals surface area contributed by atoms with E-state index in [9.17, 15) is 4.79 Å². The first-order chi connectivity index (χ1) is 14.2. The Bertz CT molecular complexity index is 861. The van der Waals surface area contributed by atoms with Gasteiger partial charge in [-0.3, -0.25) is 0 Å². The van der Waals surface area contributed by atoms with Gasteiger partial charge in [-0.15, -0.1) is 0 Å². The zero-order valence-electron chi connectivity index (χ0n) is 18.6. The number of nitrogens with two attached hydrogens (primary N) is 1. The van der Waals surface area contributed by atoms with E-state index in [1.807, 2.05) is 51.1 Å². The zero-order valence-corrected chi connectivity index (χ0v) is 18.6. The number of benzene rings is 2. The molecule has 1 unspecified atom stereocenters. The van der Waals surface area contributed by atoms with Crippen LogP contribution in [0.1, 0.15) is 37.8 Å². The second-order valence-corrected chi connectivity index (χ2v) is 7.93. The van der Waals surface area contributed by atoms with Crippen LogP contribution in [0.25, 0.3) is 0 Å². The van der Waals surface area contributed by atoms with E-state index in [0.29, 0.717) is 30.2 Å². The molecule has 2 rings (SSSR count). The average Bonchev–Trinajstić information content (AvgIpc) is 2.70. The molecule has 0 aromatic heterocycles. The van der Waals surface area contributed by atoms with Gasteiger partial charge in [0.1, 0.15) is 22.8 Å². The van der Waals surface area contributed by atoms with Gasteiger partial charge in [0, 0.05) is 24.1 Å². The van der Waals surface area contributed by atoms with Crippen LogP contribution in [0.5, 0.6) is 17.2 Å². The SMILES string of the molecule is COc1cc(C(CNC(=O)OC(C)(C)C)Cc2ccccc2OC)c(OC)cc1N. The lowest BCUT2D eigenvalue weighted by molar-refractivity contribution is 0.0524. The number of alkyl carbamates (subject to hydrolysis) is 1. The summed E-state index contributed by atoms with van der Waals surface area (Å²) < 4.78 is 21.9. The summed E-state index contributed by atoms with van der Waals surface area (Å²) in [5.41, 5.74) is 7.83. The molecular weight excluding hydrogens is 384 g/mol. The largest absolute Gasteiger partial charge is 0.496 e. The average molecular weight is 417 g/mol. The summed E-state index contributed by atoms with van der Waals surface area (Å²) in [4.78, 5) is 12.3. The number of carbonyl (C=O) groups is 1. The van der Waals surface area contributed by atoms with Crippen LogP contribution < -0.4 is 25.3 Å². The molecule has 0 aliphatic heterocycles. The smallest absolute Gasteiger partial charge is 0.407 e. The summed E-state index contributed by atoms with van der Waals surface area (Å²) in [6.45, 7) is 5.81. The van der Waals surface area contributed by atoms with Crippen molar-refractivity contribution in [2.24, 2.45) is 0 Å². The molecule has 2 aromatic carbocycles. The Balaban J connectivity index is 2.39. The lowest BCUT2D eigenvalue weighted by Gasteiger charge is -2.24.